The second-order valence-corrected chi connectivity index (χ2v) is 6.99. The van der Waals surface area contributed by atoms with E-state index in [1.54, 1.807) is 24.1 Å². The van der Waals surface area contributed by atoms with Crippen LogP contribution in [0.2, 0.25) is 0 Å². The number of benzene rings is 1. The fourth-order valence-electron chi connectivity index (χ4n) is 3.29. The van der Waals surface area contributed by atoms with E-state index >= 15 is 0 Å². The van der Waals surface area contributed by atoms with Gasteiger partial charge in [0.2, 0.25) is 0 Å². The van der Waals surface area contributed by atoms with Crippen LogP contribution in [0.25, 0.3) is 0 Å². The van der Waals surface area contributed by atoms with Crippen molar-refractivity contribution in [1.82, 2.24) is 15.5 Å². The van der Waals surface area contributed by atoms with E-state index < -0.39 is 11.3 Å². The van der Waals surface area contributed by atoms with E-state index in [0.717, 1.165) is 50.2 Å². The topological polar surface area (TPSA) is 82.8 Å². The van der Waals surface area contributed by atoms with Crippen molar-refractivity contribution in [2.75, 3.05) is 33.2 Å². The number of likely N-dealkylation sites (tertiary alicyclic amines) is 1. The highest BCUT2D eigenvalue weighted by Gasteiger charge is 2.21. The second-order valence-electron chi connectivity index (χ2n) is 6.99. The number of guanidine groups is 1. The number of nitrogens with one attached hydrogen (secondary N) is 2. The minimum absolute atomic E-state index is 0.111. The van der Waals surface area contributed by atoms with Crippen LogP contribution < -0.4 is 10.6 Å². The van der Waals surface area contributed by atoms with Crippen molar-refractivity contribution in [3.8, 4) is 0 Å². The molecule has 1 aromatic carbocycles. The Balaban J connectivity index is 1.60. The average molecular weight is 397 g/mol. The van der Waals surface area contributed by atoms with Crippen LogP contribution in [-0.2, 0) is 6.42 Å². The number of non-ortho nitro benzene ring substituents is 1. The number of piperidine rings is 1. The fourth-order valence-corrected chi connectivity index (χ4v) is 3.29. The maximum atomic E-state index is 12.4. The Hall–Kier alpha value is -2.29. The molecule has 1 saturated heterocycles. The van der Waals surface area contributed by atoms with Gasteiger partial charge in [-0.25, -0.2) is 8.78 Å². The molecule has 2 N–H and O–H groups in total. The zero-order valence-corrected chi connectivity index (χ0v) is 16.2. The Morgan fingerprint density at radius 2 is 1.96 bits per heavy atom. The smallest absolute Gasteiger partial charge is 0.269 e. The third-order valence-corrected chi connectivity index (χ3v) is 4.88. The monoisotopic (exact) mass is 397 g/mol. The number of nitro benzene ring substituents is 1. The van der Waals surface area contributed by atoms with Crippen molar-refractivity contribution in [3.05, 3.63) is 39.9 Å². The molecule has 0 bridgehead atoms. The molecule has 9 heteroatoms. The summed E-state index contributed by atoms with van der Waals surface area (Å²) in [5.74, 6) is 0.739. The highest BCUT2D eigenvalue weighted by Crippen LogP contribution is 2.14. The van der Waals surface area contributed by atoms with Gasteiger partial charge >= 0.3 is 0 Å². The second kappa shape index (κ2) is 11.5. The van der Waals surface area contributed by atoms with Crippen LogP contribution in [0.5, 0.6) is 0 Å². The average Bonchev–Trinajstić information content (AvgIpc) is 2.68. The number of nitrogens with zero attached hydrogens (tertiary/aromatic N) is 3. The van der Waals surface area contributed by atoms with Crippen molar-refractivity contribution < 1.29 is 13.7 Å². The van der Waals surface area contributed by atoms with E-state index in [2.05, 4.69) is 15.6 Å². The first-order valence-electron chi connectivity index (χ1n) is 9.69. The molecule has 2 rings (SSSR count). The number of hydrogen-bond acceptors (Lipinski definition) is 4. The van der Waals surface area contributed by atoms with Gasteiger partial charge in [-0.1, -0.05) is 12.1 Å². The summed E-state index contributed by atoms with van der Waals surface area (Å²) in [7, 11) is 1.72. The molecule has 0 amide bonds. The number of unbranched alkanes of at least 4 members (excludes halogenated alkanes) is 1. The van der Waals surface area contributed by atoms with Crippen LogP contribution in [0.4, 0.5) is 14.5 Å². The first kappa shape index (κ1) is 22.0. The van der Waals surface area contributed by atoms with Gasteiger partial charge < -0.3 is 10.6 Å². The Morgan fingerprint density at radius 3 is 2.54 bits per heavy atom. The summed E-state index contributed by atoms with van der Waals surface area (Å²) in [4.78, 5) is 16.3. The van der Waals surface area contributed by atoms with Gasteiger partial charge in [-0.05, 0) is 37.7 Å². The van der Waals surface area contributed by atoms with Gasteiger partial charge in [0.25, 0.3) is 12.1 Å². The molecule has 1 aliphatic rings. The van der Waals surface area contributed by atoms with Crippen LogP contribution in [0.15, 0.2) is 29.3 Å². The molecule has 0 unspecified atom stereocenters. The first-order valence-corrected chi connectivity index (χ1v) is 9.69. The van der Waals surface area contributed by atoms with Crippen LogP contribution >= 0.6 is 0 Å². The molecule has 1 fully saturated rings. The molecule has 1 aliphatic heterocycles. The molecule has 156 valence electrons. The lowest BCUT2D eigenvalue weighted by molar-refractivity contribution is -0.384. The SMILES string of the molecule is CN=C(NCCCCc1ccc([N+](=O)[O-])cc1)NC1CCN(CC(F)F)CC1. The molecule has 1 heterocycles. The van der Waals surface area contributed by atoms with Crippen LogP contribution in [0.3, 0.4) is 0 Å². The van der Waals surface area contributed by atoms with E-state index in [4.69, 9.17) is 0 Å². The van der Waals surface area contributed by atoms with E-state index in [-0.39, 0.29) is 18.3 Å². The molecule has 0 aliphatic carbocycles. The van der Waals surface area contributed by atoms with Gasteiger partial charge in [-0.3, -0.25) is 20.0 Å². The number of rotatable bonds is 9. The van der Waals surface area contributed by atoms with E-state index in [0.29, 0.717) is 13.1 Å². The normalized spacial score (nSPS) is 16.4. The lowest BCUT2D eigenvalue weighted by atomic mass is 10.1. The molecule has 7 nitrogen and oxygen atoms in total. The summed E-state index contributed by atoms with van der Waals surface area (Å²) in [6.45, 7) is 1.98. The summed E-state index contributed by atoms with van der Waals surface area (Å²) in [6, 6.07) is 6.91. The molecular formula is C19H29F2N5O2. The van der Waals surface area contributed by atoms with Gasteiger partial charge in [0, 0.05) is 44.9 Å². The predicted molar refractivity (Wildman–Crippen MR) is 106 cm³/mol. The van der Waals surface area contributed by atoms with E-state index in [1.165, 1.54) is 12.1 Å². The Kier molecular flexibility index (Phi) is 9.06. The third-order valence-electron chi connectivity index (χ3n) is 4.88. The van der Waals surface area contributed by atoms with Gasteiger partial charge in [-0.2, -0.15) is 0 Å². The van der Waals surface area contributed by atoms with Gasteiger partial charge in [0.15, 0.2) is 5.96 Å². The number of hydrogen-bond donors (Lipinski definition) is 2. The van der Waals surface area contributed by atoms with Crippen LogP contribution in [0, 0.1) is 10.1 Å². The Labute approximate surface area is 164 Å². The number of aliphatic imine (C=N–C) groups is 1. The summed E-state index contributed by atoms with van der Waals surface area (Å²) in [6.07, 6.45) is 2.17. The molecule has 28 heavy (non-hydrogen) atoms. The number of alkyl halides is 2. The van der Waals surface area contributed by atoms with Crippen molar-refractivity contribution >= 4 is 11.6 Å². The van der Waals surface area contributed by atoms with Crippen molar-refractivity contribution in [1.29, 1.82) is 0 Å². The zero-order valence-electron chi connectivity index (χ0n) is 16.2. The maximum absolute atomic E-state index is 12.4. The van der Waals surface area contributed by atoms with Gasteiger partial charge in [-0.15, -0.1) is 0 Å². The summed E-state index contributed by atoms with van der Waals surface area (Å²) in [5, 5.41) is 17.3. The predicted octanol–water partition coefficient (Wildman–Crippen LogP) is 2.81. The Morgan fingerprint density at radius 1 is 1.29 bits per heavy atom. The maximum Gasteiger partial charge on any atom is 0.269 e. The molecule has 0 saturated carbocycles. The lowest BCUT2D eigenvalue weighted by Gasteiger charge is -2.32. The summed E-state index contributed by atoms with van der Waals surface area (Å²) < 4.78 is 24.9. The minimum Gasteiger partial charge on any atom is -0.356 e. The van der Waals surface area contributed by atoms with Crippen molar-refractivity contribution in [2.45, 2.75) is 44.6 Å². The number of halogens is 2. The molecular weight excluding hydrogens is 368 g/mol. The summed E-state index contributed by atoms with van der Waals surface area (Å²) >= 11 is 0. The first-order chi connectivity index (χ1) is 13.5. The van der Waals surface area contributed by atoms with Crippen LogP contribution in [0.1, 0.15) is 31.2 Å². The highest BCUT2D eigenvalue weighted by molar-refractivity contribution is 5.79. The van der Waals surface area contributed by atoms with Gasteiger partial charge in [0.1, 0.15) is 0 Å². The van der Waals surface area contributed by atoms with Crippen LogP contribution in [-0.4, -0.2) is 61.5 Å². The Bertz CT molecular complexity index is 632. The van der Waals surface area contributed by atoms with Crippen molar-refractivity contribution in [3.63, 3.8) is 0 Å². The standard InChI is InChI=1S/C19H29F2N5O2/c1-22-19(24-16-9-12-25(13-10-16)14-18(20)21)23-11-3-2-4-15-5-7-17(8-6-15)26(27)28/h5-8,16,18H,2-4,9-14H2,1H3,(H2,22,23,24). The van der Waals surface area contributed by atoms with Gasteiger partial charge in [0.05, 0.1) is 11.5 Å². The molecule has 0 spiro atoms. The number of aryl methyl sites for hydroxylation is 1. The highest BCUT2D eigenvalue weighted by atomic mass is 19.3. The quantitative estimate of drug-likeness (QED) is 0.220. The van der Waals surface area contributed by atoms with E-state index in [1.807, 2.05) is 0 Å². The molecule has 0 radical (unpaired) electrons. The molecule has 0 aromatic heterocycles. The summed E-state index contributed by atoms with van der Waals surface area (Å²) in [5.41, 5.74) is 1.20. The fraction of sp³-hybridized carbons (Fsp3) is 0.632. The largest absolute Gasteiger partial charge is 0.356 e. The molecule has 1 aromatic rings. The lowest BCUT2D eigenvalue weighted by Crippen LogP contribution is -2.49. The van der Waals surface area contributed by atoms with Crippen molar-refractivity contribution in [2.24, 2.45) is 4.99 Å². The zero-order chi connectivity index (χ0) is 20.4. The third kappa shape index (κ3) is 7.75. The minimum atomic E-state index is -2.27. The number of nitro groups is 1. The molecule has 0 atom stereocenters. The van der Waals surface area contributed by atoms with E-state index in [9.17, 15) is 18.9 Å².